The van der Waals surface area contributed by atoms with E-state index in [1.54, 1.807) is 12.1 Å². The molecule has 2 aromatic rings. The lowest BCUT2D eigenvalue weighted by Gasteiger charge is -2.23. The predicted molar refractivity (Wildman–Crippen MR) is 96.3 cm³/mol. The molecular weight excluding hydrogens is 335 g/mol. The monoisotopic (exact) mass is 354 g/mol. The van der Waals surface area contributed by atoms with Crippen molar-refractivity contribution in [2.45, 2.75) is 13.0 Å². The average molecular weight is 354 g/mol. The van der Waals surface area contributed by atoms with Gasteiger partial charge in [0.2, 0.25) is 0 Å². The molecule has 3 rings (SSSR count). The van der Waals surface area contributed by atoms with E-state index in [9.17, 15) is 14.5 Å². The molecule has 134 valence electrons. The maximum absolute atomic E-state index is 13.6. The van der Waals surface area contributed by atoms with Gasteiger partial charge in [-0.1, -0.05) is 12.1 Å². The topological polar surface area (TPSA) is 73.4 Å². The van der Waals surface area contributed by atoms with Crippen LogP contribution in [-0.4, -0.2) is 36.0 Å². The number of nitrogens with zero attached hydrogens (tertiary/aromatic N) is 4. The Morgan fingerprint density at radius 1 is 1.12 bits per heavy atom. The van der Waals surface area contributed by atoms with Gasteiger partial charge in [0, 0.05) is 44.9 Å². The summed E-state index contributed by atoms with van der Waals surface area (Å²) < 4.78 is 13.6. The van der Waals surface area contributed by atoms with Crippen LogP contribution in [0.3, 0.4) is 0 Å². The van der Waals surface area contributed by atoms with Gasteiger partial charge in [0.15, 0.2) is 0 Å². The second-order valence-corrected chi connectivity index (χ2v) is 6.32. The fourth-order valence-corrected chi connectivity index (χ4v) is 3.22. The lowest BCUT2D eigenvalue weighted by atomic mass is 10.1. The number of anilines is 1. The number of halogens is 1. The Morgan fingerprint density at radius 2 is 1.88 bits per heavy atom. The average Bonchev–Trinajstić information content (AvgIpc) is 2.87. The Hall–Kier alpha value is -2.98. The number of nitriles is 1. The molecule has 0 amide bonds. The molecule has 1 heterocycles. The molecule has 6 nitrogen and oxygen atoms in total. The summed E-state index contributed by atoms with van der Waals surface area (Å²) in [5, 5.41) is 20.1. The lowest BCUT2D eigenvalue weighted by molar-refractivity contribution is -0.384. The fraction of sp³-hybridized carbons (Fsp3) is 0.316. The van der Waals surface area contributed by atoms with E-state index in [0.29, 0.717) is 24.3 Å². The van der Waals surface area contributed by atoms with Gasteiger partial charge in [-0.2, -0.15) is 5.26 Å². The number of benzene rings is 2. The van der Waals surface area contributed by atoms with E-state index >= 15 is 0 Å². The van der Waals surface area contributed by atoms with E-state index in [2.05, 4.69) is 11.0 Å². The first-order chi connectivity index (χ1) is 12.6. The molecule has 1 saturated heterocycles. The van der Waals surface area contributed by atoms with Crippen LogP contribution in [0.4, 0.5) is 15.8 Å². The SMILES string of the molecule is N#Cc1ccc(CN2CCCN(c3cc(F)ccc3[N+](=O)[O-])CC2)cc1. The molecule has 1 aliphatic rings. The molecule has 7 heteroatoms. The summed E-state index contributed by atoms with van der Waals surface area (Å²) in [6, 6.07) is 13.2. The highest BCUT2D eigenvalue weighted by molar-refractivity contribution is 5.63. The molecule has 0 atom stereocenters. The lowest BCUT2D eigenvalue weighted by Crippen LogP contribution is -2.30. The van der Waals surface area contributed by atoms with Gasteiger partial charge < -0.3 is 4.90 Å². The van der Waals surface area contributed by atoms with Crippen LogP contribution < -0.4 is 4.90 Å². The van der Waals surface area contributed by atoms with Gasteiger partial charge in [0.25, 0.3) is 5.69 Å². The van der Waals surface area contributed by atoms with E-state index < -0.39 is 10.7 Å². The zero-order valence-electron chi connectivity index (χ0n) is 14.3. The summed E-state index contributed by atoms with van der Waals surface area (Å²) in [4.78, 5) is 14.9. The zero-order valence-corrected chi connectivity index (χ0v) is 14.3. The van der Waals surface area contributed by atoms with Crippen molar-refractivity contribution in [3.8, 4) is 6.07 Å². The van der Waals surface area contributed by atoms with Gasteiger partial charge in [-0.15, -0.1) is 0 Å². The highest BCUT2D eigenvalue weighted by Gasteiger charge is 2.23. The minimum absolute atomic E-state index is 0.0630. The summed E-state index contributed by atoms with van der Waals surface area (Å²) in [5.41, 5.74) is 2.03. The highest BCUT2D eigenvalue weighted by Crippen LogP contribution is 2.29. The maximum atomic E-state index is 13.6. The van der Waals surface area contributed by atoms with Crippen LogP contribution in [0.1, 0.15) is 17.5 Å². The third-order valence-electron chi connectivity index (χ3n) is 4.55. The smallest absolute Gasteiger partial charge is 0.292 e. The molecule has 2 aromatic carbocycles. The molecule has 0 radical (unpaired) electrons. The van der Waals surface area contributed by atoms with Crippen molar-refractivity contribution >= 4 is 11.4 Å². The second-order valence-electron chi connectivity index (χ2n) is 6.32. The van der Waals surface area contributed by atoms with Crippen LogP contribution in [0.15, 0.2) is 42.5 Å². The van der Waals surface area contributed by atoms with Gasteiger partial charge in [0.1, 0.15) is 11.5 Å². The summed E-state index contributed by atoms with van der Waals surface area (Å²) in [7, 11) is 0. The maximum Gasteiger partial charge on any atom is 0.292 e. The Labute approximate surface area is 151 Å². The van der Waals surface area contributed by atoms with Crippen molar-refractivity contribution in [3.63, 3.8) is 0 Å². The quantitative estimate of drug-likeness (QED) is 0.622. The van der Waals surface area contributed by atoms with Crippen molar-refractivity contribution in [1.82, 2.24) is 4.90 Å². The first-order valence-electron chi connectivity index (χ1n) is 8.47. The fourth-order valence-electron chi connectivity index (χ4n) is 3.22. The third kappa shape index (κ3) is 4.16. The summed E-state index contributed by atoms with van der Waals surface area (Å²) in [5.74, 6) is -0.468. The Bertz CT molecular complexity index is 832. The summed E-state index contributed by atoms with van der Waals surface area (Å²) in [6.45, 7) is 3.59. The van der Waals surface area contributed by atoms with Crippen molar-refractivity contribution in [3.05, 3.63) is 69.5 Å². The standard InChI is InChI=1S/C19H19FN4O2/c20-17-6-7-18(24(25)26)19(12-17)23-9-1-8-22(10-11-23)14-16-4-2-15(13-21)3-5-16/h2-7,12H,1,8-11,14H2. The highest BCUT2D eigenvalue weighted by atomic mass is 19.1. The molecule has 0 saturated carbocycles. The van der Waals surface area contributed by atoms with Crippen LogP contribution in [0.5, 0.6) is 0 Å². The molecule has 0 spiro atoms. The predicted octanol–water partition coefficient (Wildman–Crippen LogP) is 3.32. The van der Waals surface area contributed by atoms with Crippen molar-refractivity contribution < 1.29 is 9.31 Å². The Balaban J connectivity index is 1.69. The van der Waals surface area contributed by atoms with Gasteiger partial charge in [0.05, 0.1) is 16.6 Å². The molecule has 0 aromatic heterocycles. The molecule has 1 fully saturated rings. The van der Waals surface area contributed by atoms with Crippen molar-refractivity contribution in [2.24, 2.45) is 0 Å². The normalized spacial score (nSPS) is 15.3. The Morgan fingerprint density at radius 3 is 2.58 bits per heavy atom. The van der Waals surface area contributed by atoms with Crippen LogP contribution in [-0.2, 0) is 6.54 Å². The van der Waals surface area contributed by atoms with E-state index in [-0.39, 0.29) is 5.69 Å². The van der Waals surface area contributed by atoms with Gasteiger partial charge in [-0.25, -0.2) is 4.39 Å². The Kier molecular flexibility index (Phi) is 5.44. The largest absolute Gasteiger partial charge is 0.365 e. The van der Waals surface area contributed by atoms with Crippen LogP contribution in [0.2, 0.25) is 0 Å². The van der Waals surface area contributed by atoms with E-state index in [0.717, 1.165) is 37.7 Å². The molecule has 26 heavy (non-hydrogen) atoms. The number of hydrogen-bond donors (Lipinski definition) is 0. The molecular formula is C19H19FN4O2. The minimum atomic E-state index is -0.468. The zero-order chi connectivity index (χ0) is 18.5. The van der Waals surface area contributed by atoms with Crippen LogP contribution >= 0.6 is 0 Å². The van der Waals surface area contributed by atoms with Crippen LogP contribution in [0, 0.1) is 27.3 Å². The minimum Gasteiger partial charge on any atom is -0.365 e. The van der Waals surface area contributed by atoms with Crippen molar-refractivity contribution in [2.75, 3.05) is 31.1 Å². The molecule has 0 bridgehead atoms. The van der Waals surface area contributed by atoms with E-state index in [1.807, 2.05) is 17.0 Å². The van der Waals surface area contributed by atoms with Gasteiger partial charge >= 0.3 is 0 Å². The van der Waals surface area contributed by atoms with Gasteiger partial charge in [-0.3, -0.25) is 15.0 Å². The number of hydrogen-bond acceptors (Lipinski definition) is 5. The molecule has 0 N–H and O–H groups in total. The van der Waals surface area contributed by atoms with Gasteiger partial charge in [-0.05, 0) is 30.2 Å². The molecule has 1 aliphatic heterocycles. The first kappa shape index (κ1) is 17.8. The van der Waals surface area contributed by atoms with Crippen LogP contribution in [0.25, 0.3) is 0 Å². The second kappa shape index (κ2) is 7.93. The van der Waals surface area contributed by atoms with E-state index in [1.165, 1.54) is 12.1 Å². The summed E-state index contributed by atoms with van der Waals surface area (Å²) >= 11 is 0. The van der Waals surface area contributed by atoms with E-state index in [4.69, 9.17) is 5.26 Å². The number of rotatable bonds is 4. The molecule has 0 unspecified atom stereocenters. The van der Waals surface area contributed by atoms with Crippen molar-refractivity contribution in [1.29, 1.82) is 5.26 Å². The number of nitro groups is 1. The molecule has 0 aliphatic carbocycles. The summed E-state index contributed by atoms with van der Waals surface area (Å²) in [6.07, 6.45) is 0.837. The number of nitro benzene ring substituents is 1. The first-order valence-corrected chi connectivity index (χ1v) is 8.47. The third-order valence-corrected chi connectivity index (χ3v) is 4.55.